The van der Waals surface area contributed by atoms with Crippen LogP contribution in [0, 0.1) is 13.8 Å². The van der Waals surface area contributed by atoms with Crippen LogP contribution in [-0.2, 0) is 5.41 Å². The Labute approximate surface area is 114 Å². The number of halogens is 1. The number of alkyl halides is 1. The van der Waals surface area contributed by atoms with E-state index in [9.17, 15) is 0 Å². The molecule has 0 N–H and O–H groups in total. The molecule has 96 valence electrons. The van der Waals surface area contributed by atoms with Crippen LogP contribution in [0.5, 0.6) is 5.75 Å². The van der Waals surface area contributed by atoms with E-state index in [4.69, 9.17) is 4.74 Å². The molecule has 0 amide bonds. The van der Waals surface area contributed by atoms with Gasteiger partial charge in [0.15, 0.2) is 0 Å². The average Bonchev–Trinajstić information content (AvgIpc) is 2.18. The van der Waals surface area contributed by atoms with Gasteiger partial charge < -0.3 is 4.74 Å². The third-order valence-electron chi connectivity index (χ3n) is 3.26. The molecule has 2 heteroatoms. The van der Waals surface area contributed by atoms with Crippen molar-refractivity contribution in [3.63, 3.8) is 0 Å². The van der Waals surface area contributed by atoms with Gasteiger partial charge in [-0.05, 0) is 48.4 Å². The number of hydrogen-bond acceptors (Lipinski definition) is 1. The highest BCUT2D eigenvalue weighted by atomic mass is 79.9. The molecule has 17 heavy (non-hydrogen) atoms. The highest BCUT2D eigenvalue weighted by Crippen LogP contribution is 2.35. The maximum absolute atomic E-state index is 5.37. The highest BCUT2D eigenvalue weighted by Gasteiger charge is 2.25. The number of aryl methyl sites for hydroxylation is 2. The summed E-state index contributed by atoms with van der Waals surface area (Å²) in [6, 6.07) is 4.41. The first kappa shape index (κ1) is 14.6. The van der Waals surface area contributed by atoms with Gasteiger partial charge in [0.05, 0.1) is 7.11 Å². The van der Waals surface area contributed by atoms with Gasteiger partial charge in [-0.25, -0.2) is 0 Å². The van der Waals surface area contributed by atoms with E-state index in [0.29, 0.717) is 4.83 Å². The molecule has 1 atom stereocenters. The van der Waals surface area contributed by atoms with Gasteiger partial charge in [-0.2, -0.15) is 0 Å². The van der Waals surface area contributed by atoms with Crippen LogP contribution >= 0.6 is 15.9 Å². The first-order chi connectivity index (χ1) is 7.77. The smallest absolute Gasteiger partial charge is 0.122 e. The van der Waals surface area contributed by atoms with Gasteiger partial charge in [0.1, 0.15) is 5.75 Å². The molecule has 0 aromatic heterocycles. The van der Waals surface area contributed by atoms with Gasteiger partial charge in [-0.1, -0.05) is 42.8 Å². The van der Waals surface area contributed by atoms with Crippen molar-refractivity contribution in [3.8, 4) is 5.75 Å². The molecular weight excluding hydrogens is 276 g/mol. The lowest BCUT2D eigenvalue weighted by atomic mass is 9.78. The number of hydrogen-bond donors (Lipinski definition) is 0. The zero-order valence-electron chi connectivity index (χ0n) is 11.7. The summed E-state index contributed by atoms with van der Waals surface area (Å²) in [6.07, 6.45) is 1.12. The maximum Gasteiger partial charge on any atom is 0.122 e. The fraction of sp³-hybridized carbons (Fsp3) is 0.600. The number of rotatable bonds is 4. The summed E-state index contributed by atoms with van der Waals surface area (Å²) in [5.74, 6) is 0.981. The Bertz CT molecular complexity index is 394. The van der Waals surface area contributed by atoms with E-state index >= 15 is 0 Å². The summed E-state index contributed by atoms with van der Waals surface area (Å²) >= 11 is 3.65. The van der Waals surface area contributed by atoms with Gasteiger partial charge in [0, 0.05) is 4.83 Å². The molecule has 0 spiro atoms. The lowest BCUT2D eigenvalue weighted by molar-refractivity contribution is 0.409. The third-order valence-corrected chi connectivity index (χ3v) is 3.59. The van der Waals surface area contributed by atoms with E-state index < -0.39 is 0 Å². The molecule has 1 aromatic rings. The zero-order valence-corrected chi connectivity index (χ0v) is 13.3. The summed E-state index contributed by atoms with van der Waals surface area (Å²) in [5, 5.41) is 0. The predicted octanol–water partition coefficient (Wildman–Crippen LogP) is 4.76. The Morgan fingerprint density at radius 3 is 2.29 bits per heavy atom. The quantitative estimate of drug-likeness (QED) is 0.728. The molecule has 1 unspecified atom stereocenters. The molecule has 0 saturated carbocycles. The van der Waals surface area contributed by atoms with Crippen molar-refractivity contribution in [2.45, 2.75) is 51.3 Å². The van der Waals surface area contributed by atoms with Crippen LogP contribution in [0.4, 0.5) is 0 Å². The minimum absolute atomic E-state index is 0.185. The molecule has 0 fully saturated rings. The summed E-state index contributed by atoms with van der Waals surface area (Å²) in [5.41, 5.74) is 4.13. The third kappa shape index (κ3) is 3.48. The van der Waals surface area contributed by atoms with Gasteiger partial charge in [0.2, 0.25) is 0 Å². The lowest BCUT2D eigenvalue weighted by Crippen LogP contribution is -2.22. The second-order valence-corrected chi connectivity index (χ2v) is 7.07. The molecule has 0 heterocycles. The van der Waals surface area contributed by atoms with Gasteiger partial charge in [-0.3, -0.25) is 0 Å². The predicted molar refractivity (Wildman–Crippen MR) is 78.5 cm³/mol. The highest BCUT2D eigenvalue weighted by molar-refractivity contribution is 9.09. The van der Waals surface area contributed by atoms with E-state index in [1.165, 1.54) is 16.7 Å². The van der Waals surface area contributed by atoms with Crippen molar-refractivity contribution in [2.75, 3.05) is 7.11 Å². The first-order valence-corrected chi connectivity index (χ1v) is 6.99. The fourth-order valence-electron chi connectivity index (χ4n) is 2.55. The molecule has 0 aliphatic carbocycles. The Morgan fingerprint density at radius 2 is 1.82 bits per heavy atom. The summed E-state index contributed by atoms with van der Waals surface area (Å²) < 4.78 is 5.37. The average molecular weight is 299 g/mol. The number of benzene rings is 1. The van der Waals surface area contributed by atoms with Crippen LogP contribution in [0.1, 0.15) is 43.9 Å². The Hall–Kier alpha value is -0.500. The molecular formula is C15H23BrO. The largest absolute Gasteiger partial charge is 0.496 e. The van der Waals surface area contributed by atoms with E-state index in [1.807, 2.05) is 0 Å². The number of methoxy groups -OCH3 is 1. The van der Waals surface area contributed by atoms with Crippen LogP contribution in [0.3, 0.4) is 0 Å². The minimum atomic E-state index is 0.185. The van der Waals surface area contributed by atoms with E-state index in [2.05, 4.69) is 62.7 Å². The van der Waals surface area contributed by atoms with Crippen molar-refractivity contribution >= 4 is 15.9 Å². The van der Waals surface area contributed by atoms with Gasteiger partial charge >= 0.3 is 0 Å². The van der Waals surface area contributed by atoms with Crippen LogP contribution < -0.4 is 4.74 Å². The fourth-order valence-corrected chi connectivity index (χ4v) is 3.36. The Balaban J connectivity index is 3.18. The molecule has 0 aliphatic heterocycles. The van der Waals surface area contributed by atoms with Crippen LogP contribution in [-0.4, -0.2) is 11.9 Å². The molecule has 0 radical (unpaired) electrons. The van der Waals surface area contributed by atoms with E-state index in [-0.39, 0.29) is 5.41 Å². The first-order valence-electron chi connectivity index (χ1n) is 6.07. The van der Waals surface area contributed by atoms with Crippen LogP contribution in [0.25, 0.3) is 0 Å². The topological polar surface area (TPSA) is 9.23 Å². The van der Waals surface area contributed by atoms with Crippen molar-refractivity contribution < 1.29 is 4.74 Å². The van der Waals surface area contributed by atoms with Crippen LogP contribution in [0.15, 0.2) is 12.1 Å². The molecule has 1 nitrogen and oxygen atoms in total. The van der Waals surface area contributed by atoms with E-state index in [1.54, 1.807) is 7.11 Å². The van der Waals surface area contributed by atoms with Gasteiger partial charge in [0.25, 0.3) is 0 Å². The maximum atomic E-state index is 5.37. The zero-order chi connectivity index (χ0) is 13.2. The van der Waals surface area contributed by atoms with E-state index in [0.717, 1.165) is 12.2 Å². The molecule has 0 bridgehead atoms. The summed E-state index contributed by atoms with van der Waals surface area (Å²) in [4.78, 5) is 0.527. The molecule has 0 aliphatic rings. The SMILES string of the molecule is COc1cc(C)c(C(C)(C)CC(C)Br)cc1C. The van der Waals surface area contributed by atoms with Crippen molar-refractivity contribution in [3.05, 3.63) is 28.8 Å². The van der Waals surface area contributed by atoms with Crippen molar-refractivity contribution in [2.24, 2.45) is 0 Å². The molecule has 0 saturated heterocycles. The summed E-state index contributed by atoms with van der Waals surface area (Å²) in [6.45, 7) is 11.1. The summed E-state index contributed by atoms with van der Waals surface area (Å²) in [7, 11) is 1.73. The monoisotopic (exact) mass is 298 g/mol. The molecule has 1 aromatic carbocycles. The van der Waals surface area contributed by atoms with Crippen molar-refractivity contribution in [1.29, 1.82) is 0 Å². The standard InChI is InChI=1S/C15H23BrO/c1-10-8-14(17-6)11(2)7-13(10)15(4,5)9-12(3)16/h7-8,12H,9H2,1-6H3. The Morgan fingerprint density at radius 1 is 1.24 bits per heavy atom. The van der Waals surface area contributed by atoms with Crippen molar-refractivity contribution in [1.82, 2.24) is 0 Å². The molecule has 1 rings (SSSR count). The Kier molecular flexibility index (Phi) is 4.65. The second kappa shape index (κ2) is 5.43. The normalized spacial score (nSPS) is 13.6. The number of ether oxygens (including phenoxy) is 1. The minimum Gasteiger partial charge on any atom is -0.496 e. The van der Waals surface area contributed by atoms with Crippen LogP contribution in [0.2, 0.25) is 0 Å². The lowest BCUT2D eigenvalue weighted by Gasteiger charge is -2.29. The van der Waals surface area contributed by atoms with Gasteiger partial charge in [-0.15, -0.1) is 0 Å². The second-order valence-electron chi connectivity index (χ2n) is 5.51.